The highest BCUT2D eigenvalue weighted by atomic mass is 16.2. The van der Waals surface area contributed by atoms with Crippen LogP contribution in [0.1, 0.15) is 13.3 Å². The highest BCUT2D eigenvalue weighted by Gasteiger charge is 2.29. The number of rotatable bonds is 1. The summed E-state index contributed by atoms with van der Waals surface area (Å²) in [7, 11) is 1.70. The van der Waals surface area contributed by atoms with Crippen LogP contribution in [0.4, 0.5) is 4.79 Å². The summed E-state index contributed by atoms with van der Waals surface area (Å²) in [6, 6.07) is -0.170. The number of hydrogen-bond acceptors (Lipinski definition) is 2. The number of urea groups is 1. The van der Waals surface area contributed by atoms with Gasteiger partial charge in [-0.2, -0.15) is 0 Å². The lowest BCUT2D eigenvalue weighted by molar-refractivity contribution is -0.127. The molecule has 0 N–H and O–H groups in total. The molecule has 0 unspecified atom stereocenters. The first-order valence-electron chi connectivity index (χ1n) is 3.72. The van der Waals surface area contributed by atoms with Gasteiger partial charge in [-0.15, -0.1) is 0 Å². The fraction of sp³-hybridized carbons (Fsp3) is 0.714. The minimum atomic E-state index is -0.170. The number of likely N-dealkylation sites (N-methyl/N-ethyl adjacent to an activating group) is 1. The molecule has 0 aromatic heterocycles. The normalized spacial score (nSPS) is 17.8. The maximum atomic E-state index is 11.1. The summed E-state index contributed by atoms with van der Waals surface area (Å²) < 4.78 is 0. The highest BCUT2D eigenvalue weighted by Crippen LogP contribution is 2.06. The lowest BCUT2D eigenvalue weighted by atomic mass is 10.4. The van der Waals surface area contributed by atoms with Crippen LogP contribution in [0.2, 0.25) is 0 Å². The third kappa shape index (κ3) is 1.34. The third-order valence-electron chi connectivity index (χ3n) is 1.82. The first-order chi connectivity index (χ1) is 5.16. The minimum Gasteiger partial charge on any atom is -0.326 e. The van der Waals surface area contributed by atoms with Gasteiger partial charge in [0, 0.05) is 26.6 Å². The lowest BCUT2D eigenvalue weighted by Gasteiger charge is -2.12. The molecule has 62 valence electrons. The van der Waals surface area contributed by atoms with Crippen LogP contribution in [-0.4, -0.2) is 41.9 Å². The number of imide groups is 1. The van der Waals surface area contributed by atoms with E-state index in [2.05, 4.69) is 0 Å². The van der Waals surface area contributed by atoms with Crippen LogP contribution in [0.3, 0.4) is 0 Å². The van der Waals surface area contributed by atoms with Crippen molar-refractivity contribution in [3.05, 3.63) is 0 Å². The lowest BCUT2D eigenvalue weighted by Crippen LogP contribution is -2.34. The van der Waals surface area contributed by atoms with Gasteiger partial charge in [0.05, 0.1) is 0 Å². The Kier molecular flexibility index (Phi) is 2.12. The van der Waals surface area contributed by atoms with E-state index < -0.39 is 0 Å². The second-order valence-electron chi connectivity index (χ2n) is 2.60. The Bertz CT molecular complexity index is 191. The number of carbonyl (C=O) groups is 2. The van der Waals surface area contributed by atoms with E-state index in [4.69, 9.17) is 0 Å². The van der Waals surface area contributed by atoms with Crippen LogP contribution in [0.15, 0.2) is 0 Å². The van der Waals surface area contributed by atoms with Crippen molar-refractivity contribution in [3.8, 4) is 0 Å². The van der Waals surface area contributed by atoms with E-state index in [1.54, 1.807) is 18.9 Å². The number of amides is 3. The van der Waals surface area contributed by atoms with E-state index in [1.165, 1.54) is 4.90 Å². The fourth-order valence-corrected chi connectivity index (χ4v) is 1.07. The molecule has 3 amide bonds. The van der Waals surface area contributed by atoms with Crippen molar-refractivity contribution in [3.63, 3.8) is 0 Å². The van der Waals surface area contributed by atoms with Gasteiger partial charge in [0.1, 0.15) is 0 Å². The van der Waals surface area contributed by atoms with Crippen molar-refractivity contribution in [2.75, 3.05) is 20.1 Å². The molecule has 0 aliphatic carbocycles. The van der Waals surface area contributed by atoms with Crippen molar-refractivity contribution in [2.24, 2.45) is 0 Å². The van der Waals surface area contributed by atoms with E-state index in [0.29, 0.717) is 19.5 Å². The molecule has 0 atom stereocenters. The predicted molar refractivity (Wildman–Crippen MR) is 40.0 cm³/mol. The largest absolute Gasteiger partial charge is 0.326 e. The summed E-state index contributed by atoms with van der Waals surface area (Å²) in [6.45, 7) is 2.96. The SMILES string of the molecule is CCC(=O)N1CCN(C)C1=O. The molecule has 1 rings (SSSR count). The molecule has 1 heterocycles. The van der Waals surface area contributed by atoms with Crippen molar-refractivity contribution >= 4 is 11.9 Å². The van der Waals surface area contributed by atoms with Gasteiger partial charge in [-0.3, -0.25) is 9.69 Å². The molecule has 1 saturated heterocycles. The molecule has 0 bridgehead atoms. The van der Waals surface area contributed by atoms with Crippen LogP contribution in [0.5, 0.6) is 0 Å². The van der Waals surface area contributed by atoms with Crippen molar-refractivity contribution in [2.45, 2.75) is 13.3 Å². The van der Waals surface area contributed by atoms with E-state index in [9.17, 15) is 9.59 Å². The monoisotopic (exact) mass is 156 g/mol. The Hall–Kier alpha value is -1.06. The fourth-order valence-electron chi connectivity index (χ4n) is 1.07. The van der Waals surface area contributed by atoms with E-state index >= 15 is 0 Å². The molecule has 0 spiro atoms. The molecular weight excluding hydrogens is 144 g/mol. The maximum absolute atomic E-state index is 11.1. The quantitative estimate of drug-likeness (QED) is 0.547. The van der Waals surface area contributed by atoms with Crippen molar-refractivity contribution < 1.29 is 9.59 Å². The molecule has 0 saturated carbocycles. The molecule has 0 aromatic rings. The van der Waals surface area contributed by atoms with Gasteiger partial charge in [0.2, 0.25) is 5.91 Å². The average Bonchev–Trinajstić information content (AvgIpc) is 2.32. The topological polar surface area (TPSA) is 40.6 Å². The van der Waals surface area contributed by atoms with Gasteiger partial charge in [0.25, 0.3) is 0 Å². The van der Waals surface area contributed by atoms with E-state index in [1.807, 2.05) is 0 Å². The van der Waals surface area contributed by atoms with Crippen molar-refractivity contribution in [1.29, 1.82) is 0 Å². The Morgan fingerprint density at radius 1 is 1.55 bits per heavy atom. The summed E-state index contributed by atoms with van der Waals surface area (Å²) in [5, 5.41) is 0. The molecular formula is C7H12N2O2. The summed E-state index contributed by atoms with van der Waals surface area (Å²) in [6.07, 6.45) is 0.402. The van der Waals surface area contributed by atoms with Crippen LogP contribution in [0.25, 0.3) is 0 Å². The van der Waals surface area contributed by atoms with Crippen LogP contribution < -0.4 is 0 Å². The Balaban J connectivity index is 2.62. The molecule has 11 heavy (non-hydrogen) atoms. The summed E-state index contributed by atoms with van der Waals surface area (Å²) in [5.74, 6) is -0.0839. The minimum absolute atomic E-state index is 0.0839. The summed E-state index contributed by atoms with van der Waals surface area (Å²) >= 11 is 0. The van der Waals surface area contributed by atoms with Crippen LogP contribution >= 0.6 is 0 Å². The number of nitrogens with zero attached hydrogens (tertiary/aromatic N) is 2. The zero-order valence-corrected chi connectivity index (χ0v) is 6.83. The third-order valence-corrected chi connectivity index (χ3v) is 1.82. The second kappa shape index (κ2) is 2.90. The van der Waals surface area contributed by atoms with Crippen LogP contribution in [0, 0.1) is 0 Å². The molecule has 1 fully saturated rings. The average molecular weight is 156 g/mol. The zero-order valence-electron chi connectivity index (χ0n) is 6.83. The second-order valence-corrected chi connectivity index (χ2v) is 2.60. The predicted octanol–water partition coefficient (Wildman–Crippen LogP) is 0.290. The maximum Gasteiger partial charge on any atom is 0.326 e. The van der Waals surface area contributed by atoms with Gasteiger partial charge < -0.3 is 4.90 Å². The molecule has 1 aliphatic heterocycles. The van der Waals surface area contributed by atoms with E-state index in [0.717, 1.165) is 0 Å². The molecule has 4 heteroatoms. The first kappa shape index (κ1) is 8.04. The molecule has 0 radical (unpaired) electrons. The Labute approximate surface area is 65.8 Å². The number of carbonyl (C=O) groups excluding carboxylic acids is 2. The van der Waals surface area contributed by atoms with Gasteiger partial charge >= 0.3 is 6.03 Å². The zero-order chi connectivity index (χ0) is 8.43. The Morgan fingerprint density at radius 3 is 2.55 bits per heavy atom. The van der Waals surface area contributed by atoms with Crippen LogP contribution in [-0.2, 0) is 4.79 Å². The summed E-state index contributed by atoms with van der Waals surface area (Å²) in [5.41, 5.74) is 0. The Morgan fingerprint density at radius 2 is 2.18 bits per heavy atom. The smallest absolute Gasteiger partial charge is 0.326 e. The van der Waals surface area contributed by atoms with Crippen molar-refractivity contribution in [1.82, 2.24) is 9.80 Å². The van der Waals surface area contributed by atoms with Gasteiger partial charge in [-0.05, 0) is 0 Å². The molecule has 0 aromatic carbocycles. The van der Waals surface area contributed by atoms with Gasteiger partial charge in [-0.25, -0.2) is 4.79 Å². The summed E-state index contributed by atoms with van der Waals surface area (Å²) in [4.78, 5) is 25.0. The highest BCUT2D eigenvalue weighted by molar-refractivity contribution is 5.95. The van der Waals surface area contributed by atoms with E-state index in [-0.39, 0.29) is 11.9 Å². The standard InChI is InChI=1S/C7H12N2O2/c1-3-6(10)9-5-4-8(2)7(9)11/h3-5H2,1-2H3. The molecule has 1 aliphatic rings. The number of hydrogen-bond donors (Lipinski definition) is 0. The van der Waals surface area contributed by atoms with Gasteiger partial charge in [0.15, 0.2) is 0 Å². The van der Waals surface area contributed by atoms with Gasteiger partial charge in [-0.1, -0.05) is 6.92 Å². The first-order valence-corrected chi connectivity index (χ1v) is 3.72. The molecule has 4 nitrogen and oxygen atoms in total.